The van der Waals surface area contributed by atoms with Gasteiger partial charge in [0.15, 0.2) is 0 Å². The second kappa shape index (κ2) is 2.78. The summed E-state index contributed by atoms with van der Waals surface area (Å²) in [6.45, 7) is 13.1. The molecular formula is C13H24O2. The van der Waals surface area contributed by atoms with Gasteiger partial charge in [0.05, 0.1) is 22.4 Å². The molecule has 0 amide bonds. The van der Waals surface area contributed by atoms with Crippen molar-refractivity contribution in [3.63, 3.8) is 0 Å². The zero-order valence-corrected chi connectivity index (χ0v) is 10.9. The summed E-state index contributed by atoms with van der Waals surface area (Å²) in [5, 5.41) is 0. The maximum absolute atomic E-state index is 5.74. The first-order valence-corrected chi connectivity index (χ1v) is 6.02. The molecule has 2 heteroatoms. The number of ether oxygens (including phenoxy) is 2. The van der Waals surface area contributed by atoms with E-state index in [0.717, 1.165) is 12.8 Å². The Labute approximate surface area is 93.3 Å². The molecule has 15 heavy (non-hydrogen) atoms. The van der Waals surface area contributed by atoms with Crippen LogP contribution in [0.25, 0.3) is 0 Å². The summed E-state index contributed by atoms with van der Waals surface area (Å²) in [6.07, 6.45) is 3.49. The van der Waals surface area contributed by atoms with Gasteiger partial charge in [0.25, 0.3) is 0 Å². The molecule has 88 valence electrons. The van der Waals surface area contributed by atoms with Crippen molar-refractivity contribution in [1.82, 2.24) is 0 Å². The van der Waals surface area contributed by atoms with E-state index in [-0.39, 0.29) is 22.4 Å². The maximum atomic E-state index is 5.74. The zero-order chi connectivity index (χ0) is 11.5. The Kier molecular flexibility index (Phi) is 2.11. The number of hydrogen-bond donors (Lipinski definition) is 0. The lowest BCUT2D eigenvalue weighted by atomic mass is 9.87. The average molecular weight is 212 g/mol. The van der Waals surface area contributed by atoms with Crippen molar-refractivity contribution >= 4 is 0 Å². The molecule has 2 unspecified atom stereocenters. The zero-order valence-electron chi connectivity index (χ0n) is 10.9. The van der Waals surface area contributed by atoms with E-state index in [1.54, 1.807) is 0 Å². The van der Waals surface area contributed by atoms with Crippen molar-refractivity contribution in [1.29, 1.82) is 0 Å². The smallest absolute Gasteiger partial charge is 0.0946 e. The van der Waals surface area contributed by atoms with Crippen LogP contribution in [-0.4, -0.2) is 22.4 Å². The molecule has 2 heterocycles. The van der Waals surface area contributed by atoms with Crippen molar-refractivity contribution in [2.24, 2.45) is 0 Å². The van der Waals surface area contributed by atoms with Crippen LogP contribution in [-0.2, 0) is 9.47 Å². The normalized spacial score (nSPS) is 45.2. The summed E-state index contributed by atoms with van der Waals surface area (Å²) in [6, 6.07) is 0. The highest BCUT2D eigenvalue weighted by molar-refractivity contribution is 5.10. The third-order valence-electron chi connectivity index (χ3n) is 4.73. The first-order valence-electron chi connectivity index (χ1n) is 6.02. The fourth-order valence-electron chi connectivity index (χ4n) is 2.54. The van der Waals surface area contributed by atoms with E-state index in [4.69, 9.17) is 9.47 Å². The number of rotatable bonds is 4. The lowest BCUT2D eigenvalue weighted by Gasteiger charge is -2.11. The third-order valence-corrected chi connectivity index (χ3v) is 4.73. The standard InChI is InChI=1S/C13H24O2/c1-10(2)12(5,14-10)8-7-9-13(6)11(3,4)15-13/h7-9H2,1-6H3. The van der Waals surface area contributed by atoms with Crippen LogP contribution in [0.4, 0.5) is 0 Å². The highest BCUT2D eigenvalue weighted by Crippen LogP contribution is 2.53. The van der Waals surface area contributed by atoms with Gasteiger partial charge in [0, 0.05) is 0 Å². The molecule has 0 aromatic rings. The highest BCUT2D eigenvalue weighted by atomic mass is 16.6. The van der Waals surface area contributed by atoms with Gasteiger partial charge in [-0.25, -0.2) is 0 Å². The summed E-state index contributed by atoms with van der Waals surface area (Å²) < 4.78 is 11.5. The Hall–Kier alpha value is -0.0800. The topological polar surface area (TPSA) is 25.1 Å². The van der Waals surface area contributed by atoms with Gasteiger partial charge in [-0.15, -0.1) is 0 Å². The van der Waals surface area contributed by atoms with Gasteiger partial charge >= 0.3 is 0 Å². The van der Waals surface area contributed by atoms with Crippen LogP contribution in [0, 0.1) is 0 Å². The number of hydrogen-bond acceptors (Lipinski definition) is 2. The van der Waals surface area contributed by atoms with E-state index < -0.39 is 0 Å². The molecule has 0 saturated carbocycles. The molecule has 2 fully saturated rings. The molecule has 2 rings (SSSR count). The Morgan fingerprint density at radius 1 is 0.667 bits per heavy atom. The molecule has 0 N–H and O–H groups in total. The van der Waals surface area contributed by atoms with E-state index in [0.29, 0.717) is 0 Å². The molecule has 2 nitrogen and oxygen atoms in total. The maximum Gasteiger partial charge on any atom is 0.0946 e. The van der Waals surface area contributed by atoms with Crippen LogP contribution in [0.5, 0.6) is 0 Å². The van der Waals surface area contributed by atoms with Crippen molar-refractivity contribution in [2.75, 3.05) is 0 Å². The molecular weight excluding hydrogens is 188 g/mol. The predicted molar refractivity (Wildman–Crippen MR) is 61.0 cm³/mol. The minimum Gasteiger partial charge on any atom is -0.363 e. The monoisotopic (exact) mass is 212 g/mol. The molecule has 2 atom stereocenters. The lowest BCUT2D eigenvalue weighted by molar-refractivity contribution is 0.253. The number of epoxide rings is 2. The van der Waals surface area contributed by atoms with Crippen LogP contribution in [0.1, 0.15) is 60.8 Å². The van der Waals surface area contributed by atoms with Crippen LogP contribution in [0.2, 0.25) is 0 Å². The Balaban J connectivity index is 1.74. The second-order valence-corrected chi connectivity index (χ2v) is 6.54. The van der Waals surface area contributed by atoms with Gasteiger partial charge in [0.2, 0.25) is 0 Å². The van der Waals surface area contributed by atoms with E-state index in [2.05, 4.69) is 41.5 Å². The van der Waals surface area contributed by atoms with Crippen molar-refractivity contribution in [2.45, 2.75) is 83.2 Å². The molecule has 0 aromatic carbocycles. The molecule has 0 bridgehead atoms. The van der Waals surface area contributed by atoms with Crippen LogP contribution in [0.3, 0.4) is 0 Å². The Morgan fingerprint density at radius 3 is 1.13 bits per heavy atom. The van der Waals surface area contributed by atoms with Crippen LogP contribution in [0.15, 0.2) is 0 Å². The predicted octanol–water partition coefficient (Wildman–Crippen LogP) is 3.29. The Morgan fingerprint density at radius 2 is 0.933 bits per heavy atom. The highest BCUT2D eigenvalue weighted by Gasteiger charge is 2.61. The lowest BCUT2D eigenvalue weighted by Crippen LogP contribution is -2.20. The minimum absolute atomic E-state index is 0.0911. The summed E-state index contributed by atoms with van der Waals surface area (Å²) in [4.78, 5) is 0. The van der Waals surface area contributed by atoms with E-state index >= 15 is 0 Å². The molecule has 0 spiro atoms. The van der Waals surface area contributed by atoms with E-state index in [1.165, 1.54) is 6.42 Å². The van der Waals surface area contributed by atoms with Crippen LogP contribution < -0.4 is 0 Å². The van der Waals surface area contributed by atoms with Crippen molar-refractivity contribution in [3.05, 3.63) is 0 Å². The first-order chi connectivity index (χ1) is 6.62. The van der Waals surface area contributed by atoms with Crippen molar-refractivity contribution < 1.29 is 9.47 Å². The fraction of sp³-hybridized carbons (Fsp3) is 1.00. The first kappa shape index (κ1) is 11.4. The molecule has 0 radical (unpaired) electrons. The average Bonchev–Trinajstić information content (AvgIpc) is 2.67. The largest absolute Gasteiger partial charge is 0.363 e. The minimum atomic E-state index is 0.0911. The van der Waals surface area contributed by atoms with Gasteiger partial charge in [0.1, 0.15) is 0 Å². The van der Waals surface area contributed by atoms with Gasteiger partial charge < -0.3 is 9.47 Å². The van der Waals surface area contributed by atoms with Crippen LogP contribution >= 0.6 is 0 Å². The van der Waals surface area contributed by atoms with Crippen molar-refractivity contribution in [3.8, 4) is 0 Å². The third kappa shape index (κ3) is 1.72. The quantitative estimate of drug-likeness (QED) is 0.668. The second-order valence-electron chi connectivity index (χ2n) is 6.54. The summed E-state index contributed by atoms with van der Waals surface area (Å²) in [5.74, 6) is 0. The van der Waals surface area contributed by atoms with E-state index in [9.17, 15) is 0 Å². The van der Waals surface area contributed by atoms with Gasteiger partial charge in [-0.1, -0.05) is 0 Å². The molecule has 2 aliphatic heterocycles. The SMILES string of the molecule is CC1(C)OC1(C)CCCC1(C)OC1(C)C. The molecule has 2 aliphatic rings. The van der Waals surface area contributed by atoms with E-state index in [1.807, 2.05) is 0 Å². The fourth-order valence-corrected chi connectivity index (χ4v) is 2.54. The summed E-state index contributed by atoms with van der Waals surface area (Å²) >= 11 is 0. The molecule has 2 saturated heterocycles. The van der Waals surface area contributed by atoms with Gasteiger partial charge in [-0.3, -0.25) is 0 Å². The molecule has 0 aliphatic carbocycles. The molecule has 0 aromatic heterocycles. The summed E-state index contributed by atoms with van der Waals surface area (Å²) in [5.41, 5.74) is 0.409. The van der Waals surface area contributed by atoms with Gasteiger partial charge in [-0.2, -0.15) is 0 Å². The summed E-state index contributed by atoms with van der Waals surface area (Å²) in [7, 11) is 0. The Bertz CT molecular complexity index is 254. The van der Waals surface area contributed by atoms with Gasteiger partial charge in [-0.05, 0) is 60.8 Å².